The molecule has 0 fully saturated rings. The molecular weight excluding hydrogens is 273 g/mol. The van der Waals surface area contributed by atoms with E-state index in [9.17, 15) is 18.3 Å². The molecule has 0 aliphatic carbocycles. The Morgan fingerprint density at radius 1 is 1.20 bits per heavy atom. The molecule has 114 valence electrons. The molecule has 1 rings (SSSR count). The monoisotopic (exact) mass is 292 g/mol. The maximum atomic E-state index is 12.7. The molecule has 1 atom stereocenters. The third kappa shape index (κ3) is 4.84. The fraction of sp³-hybridized carbons (Fsp3) is 0.667. The van der Waals surface area contributed by atoms with E-state index in [1.54, 1.807) is 20.8 Å². The summed E-state index contributed by atoms with van der Waals surface area (Å²) in [7, 11) is 0. The average Bonchev–Trinajstić information content (AvgIpc) is 2.36. The highest BCUT2D eigenvalue weighted by atomic mass is 19.4. The number of aromatic nitrogens is 2. The first-order chi connectivity index (χ1) is 9.18. The zero-order valence-corrected chi connectivity index (χ0v) is 11.7. The lowest BCUT2D eigenvalue weighted by Crippen LogP contribution is -2.32. The van der Waals surface area contributed by atoms with Crippen molar-refractivity contribution in [1.29, 1.82) is 0 Å². The number of aliphatic hydroxyl groups is 1. The lowest BCUT2D eigenvalue weighted by Gasteiger charge is -2.22. The molecule has 0 amide bonds. The fourth-order valence-corrected chi connectivity index (χ4v) is 1.33. The first-order valence-electron chi connectivity index (χ1n) is 6.34. The molecule has 5 nitrogen and oxygen atoms in total. The summed E-state index contributed by atoms with van der Waals surface area (Å²) in [6.07, 6.45) is -4.08. The van der Waals surface area contributed by atoms with E-state index < -0.39 is 17.5 Å². The smallest absolute Gasteiger partial charge is 0.388 e. The molecule has 1 heterocycles. The van der Waals surface area contributed by atoms with Gasteiger partial charge in [-0.05, 0) is 20.3 Å². The standard InChI is InChI=1S/C12H19F3N4O/c1-4-11(3,20)7-17-9-6-8(12(13,14)15)18-10(19-9)16-5-2/h6,20H,4-5,7H2,1-3H3,(H2,16,17,18,19). The summed E-state index contributed by atoms with van der Waals surface area (Å²) in [6, 6.07) is 0.826. The molecule has 0 bridgehead atoms. The molecule has 0 saturated carbocycles. The maximum Gasteiger partial charge on any atom is 0.433 e. The molecule has 1 aromatic heterocycles. The van der Waals surface area contributed by atoms with Crippen LogP contribution in [0.3, 0.4) is 0 Å². The predicted molar refractivity (Wildman–Crippen MR) is 70.6 cm³/mol. The van der Waals surface area contributed by atoms with E-state index in [-0.39, 0.29) is 18.3 Å². The highest BCUT2D eigenvalue weighted by molar-refractivity contribution is 5.43. The van der Waals surface area contributed by atoms with Gasteiger partial charge >= 0.3 is 6.18 Å². The van der Waals surface area contributed by atoms with Crippen LogP contribution in [-0.4, -0.2) is 33.8 Å². The summed E-state index contributed by atoms with van der Waals surface area (Å²) >= 11 is 0. The van der Waals surface area contributed by atoms with Crippen molar-refractivity contribution in [3.63, 3.8) is 0 Å². The van der Waals surface area contributed by atoms with Crippen LogP contribution in [-0.2, 0) is 6.18 Å². The van der Waals surface area contributed by atoms with Gasteiger partial charge in [0.15, 0.2) is 5.69 Å². The van der Waals surface area contributed by atoms with Gasteiger partial charge in [0.25, 0.3) is 0 Å². The minimum atomic E-state index is -4.54. The quantitative estimate of drug-likeness (QED) is 0.751. The lowest BCUT2D eigenvalue weighted by molar-refractivity contribution is -0.141. The van der Waals surface area contributed by atoms with E-state index in [2.05, 4.69) is 20.6 Å². The Morgan fingerprint density at radius 3 is 2.35 bits per heavy atom. The number of alkyl halides is 3. The van der Waals surface area contributed by atoms with E-state index in [0.717, 1.165) is 6.07 Å². The average molecular weight is 292 g/mol. The molecule has 3 N–H and O–H groups in total. The van der Waals surface area contributed by atoms with E-state index in [0.29, 0.717) is 13.0 Å². The molecule has 1 unspecified atom stereocenters. The second-order valence-corrected chi connectivity index (χ2v) is 4.69. The Bertz CT molecular complexity index is 449. The van der Waals surface area contributed by atoms with Gasteiger partial charge in [-0.25, -0.2) is 4.98 Å². The van der Waals surface area contributed by atoms with E-state index in [4.69, 9.17) is 0 Å². The molecule has 0 radical (unpaired) electrons. The van der Waals surface area contributed by atoms with Crippen LogP contribution in [0.2, 0.25) is 0 Å². The highest BCUT2D eigenvalue weighted by Gasteiger charge is 2.33. The van der Waals surface area contributed by atoms with Crippen molar-refractivity contribution in [2.24, 2.45) is 0 Å². The summed E-state index contributed by atoms with van der Waals surface area (Å²) in [5.74, 6) is -0.0713. The Labute approximate surface area is 115 Å². The zero-order chi connectivity index (χ0) is 15.4. The lowest BCUT2D eigenvalue weighted by atomic mass is 10.0. The SMILES string of the molecule is CCNc1nc(NCC(C)(O)CC)cc(C(F)(F)F)n1. The molecule has 0 aliphatic heterocycles. The van der Waals surface area contributed by atoms with Crippen molar-refractivity contribution < 1.29 is 18.3 Å². The number of anilines is 2. The van der Waals surface area contributed by atoms with Crippen molar-refractivity contribution in [2.45, 2.75) is 39.0 Å². The molecule has 0 spiro atoms. The number of nitrogens with zero attached hydrogens (tertiary/aromatic N) is 2. The van der Waals surface area contributed by atoms with Gasteiger partial charge in [0.1, 0.15) is 5.82 Å². The second-order valence-electron chi connectivity index (χ2n) is 4.69. The van der Waals surface area contributed by atoms with Crippen LogP contribution in [0.4, 0.5) is 24.9 Å². The largest absolute Gasteiger partial charge is 0.433 e. The number of rotatable bonds is 6. The van der Waals surface area contributed by atoms with Crippen molar-refractivity contribution in [3.8, 4) is 0 Å². The zero-order valence-electron chi connectivity index (χ0n) is 11.7. The molecule has 0 saturated heterocycles. The Balaban J connectivity index is 2.97. The fourth-order valence-electron chi connectivity index (χ4n) is 1.33. The van der Waals surface area contributed by atoms with Crippen LogP contribution in [0.1, 0.15) is 32.9 Å². The van der Waals surface area contributed by atoms with Gasteiger partial charge in [-0.1, -0.05) is 6.92 Å². The number of halogens is 3. The van der Waals surface area contributed by atoms with E-state index in [1.165, 1.54) is 0 Å². The molecule has 1 aromatic rings. The van der Waals surface area contributed by atoms with Gasteiger partial charge in [0, 0.05) is 19.2 Å². The van der Waals surface area contributed by atoms with E-state index in [1.807, 2.05) is 0 Å². The van der Waals surface area contributed by atoms with Crippen LogP contribution in [0, 0.1) is 0 Å². The van der Waals surface area contributed by atoms with Gasteiger partial charge in [0.05, 0.1) is 5.60 Å². The van der Waals surface area contributed by atoms with Crippen molar-refractivity contribution in [3.05, 3.63) is 11.8 Å². The molecular formula is C12H19F3N4O. The number of nitrogens with one attached hydrogen (secondary N) is 2. The minimum Gasteiger partial charge on any atom is -0.388 e. The van der Waals surface area contributed by atoms with Crippen molar-refractivity contribution in [1.82, 2.24) is 9.97 Å². The van der Waals surface area contributed by atoms with Crippen LogP contribution >= 0.6 is 0 Å². The third-order valence-corrected chi connectivity index (χ3v) is 2.76. The molecule has 8 heteroatoms. The normalized spacial score (nSPS) is 14.8. The Kier molecular flexibility index (Phi) is 5.15. The first kappa shape index (κ1) is 16.5. The van der Waals surface area contributed by atoms with Gasteiger partial charge in [-0.3, -0.25) is 0 Å². The van der Waals surface area contributed by atoms with Gasteiger partial charge in [-0.15, -0.1) is 0 Å². The third-order valence-electron chi connectivity index (χ3n) is 2.76. The summed E-state index contributed by atoms with van der Waals surface area (Å²) in [6.45, 7) is 5.62. The number of hydrogen-bond donors (Lipinski definition) is 3. The van der Waals surface area contributed by atoms with Crippen molar-refractivity contribution in [2.75, 3.05) is 23.7 Å². The highest BCUT2D eigenvalue weighted by Crippen LogP contribution is 2.29. The second kappa shape index (κ2) is 6.25. The van der Waals surface area contributed by atoms with Crippen LogP contribution in [0.25, 0.3) is 0 Å². The summed E-state index contributed by atoms with van der Waals surface area (Å²) in [5, 5.41) is 15.2. The summed E-state index contributed by atoms with van der Waals surface area (Å²) < 4.78 is 38.2. The van der Waals surface area contributed by atoms with Crippen LogP contribution in [0.5, 0.6) is 0 Å². The Hall–Kier alpha value is -1.57. The Morgan fingerprint density at radius 2 is 1.85 bits per heavy atom. The maximum absolute atomic E-state index is 12.7. The van der Waals surface area contributed by atoms with Crippen LogP contribution < -0.4 is 10.6 Å². The van der Waals surface area contributed by atoms with Gasteiger partial charge < -0.3 is 15.7 Å². The molecule has 0 aliphatic rings. The van der Waals surface area contributed by atoms with Gasteiger partial charge in [-0.2, -0.15) is 18.2 Å². The van der Waals surface area contributed by atoms with E-state index >= 15 is 0 Å². The molecule has 0 aromatic carbocycles. The topological polar surface area (TPSA) is 70.1 Å². The van der Waals surface area contributed by atoms with Gasteiger partial charge in [0.2, 0.25) is 5.95 Å². The van der Waals surface area contributed by atoms with Crippen molar-refractivity contribution >= 4 is 11.8 Å². The number of hydrogen-bond acceptors (Lipinski definition) is 5. The molecule has 20 heavy (non-hydrogen) atoms. The first-order valence-corrected chi connectivity index (χ1v) is 6.34. The summed E-state index contributed by atoms with van der Waals surface area (Å²) in [4.78, 5) is 7.34. The predicted octanol–water partition coefficient (Wildman–Crippen LogP) is 2.50. The minimum absolute atomic E-state index is 0.0250. The van der Waals surface area contributed by atoms with Crippen LogP contribution in [0.15, 0.2) is 6.07 Å². The summed E-state index contributed by atoms with van der Waals surface area (Å²) in [5.41, 5.74) is -2.04.